The van der Waals surface area contributed by atoms with E-state index in [0.29, 0.717) is 16.9 Å². The summed E-state index contributed by atoms with van der Waals surface area (Å²) in [5.41, 5.74) is 2.38. The lowest BCUT2D eigenvalue weighted by atomic mass is 10.0. The normalized spacial score (nSPS) is 15.0. The number of anilines is 2. The van der Waals surface area contributed by atoms with Gasteiger partial charge in [-0.05, 0) is 70.9 Å². The van der Waals surface area contributed by atoms with E-state index in [9.17, 15) is 19.2 Å². The fraction of sp³-hybridized carbons (Fsp3) is 0.0556. The van der Waals surface area contributed by atoms with Crippen LogP contribution in [0, 0.1) is 0 Å². The summed E-state index contributed by atoms with van der Waals surface area (Å²) in [6.07, 6.45) is 1.78. The number of benzene rings is 5. The molecule has 5 aromatic rings. The first-order chi connectivity index (χ1) is 21.5. The fourth-order valence-electron chi connectivity index (χ4n) is 5.00. The Morgan fingerprint density at radius 1 is 0.750 bits per heavy atom. The van der Waals surface area contributed by atoms with Gasteiger partial charge in [0.25, 0.3) is 11.8 Å². The van der Waals surface area contributed by atoms with Gasteiger partial charge in [0.1, 0.15) is 5.70 Å². The van der Waals surface area contributed by atoms with Crippen molar-refractivity contribution in [1.29, 1.82) is 0 Å². The second-order valence-corrected chi connectivity index (χ2v) is 11.4. The standard InChI is InChI=1S/C36H27N3O4S/c40-33-23-32(36(43)39(33)28-15-5-2-6-16-28)44-29-20-18-27(19-21-29)37-35(42)31(38-34(41)25-11-3-1-4-12-25)22-26-14-9-13-24-10-7-8-17-30(24)26/h1-22,32H,23H2,(H,37,42)(H,38,41)/b31-22-. The van der Waals surface area contributed by atoms with Crippen LogP contribution in [0.15, 0.2) is 138 Å². The van der Waals surface area contributed by atoms with Crippen molar-refractivity contribution in [3.8, 4) is 0 Å². The van der Waals surface area contributed by atoms with E-state index in [0.717, 1.165) is 21.2 Å². The zero-order valence-electron chi connectivity index (χ0n) is 23.5. The second-order valence-electron chi connectivity index (χ2n) is 10.1. The Kier molecular flexibility index (Phi) is 8.34. The molecule has 1 fully saturated rings. The predicted molar refractivity (Wildman–Crippen MR) is 174 cm³/mol. The lowest BCUT2D eigenvalue weighted by Gasteiger charge is -2.15. The maximum absolute atomic E-state index is 13.5. The number of fused-ring (bicyclic) bond motifs is 1. The molecular weight excluding hydrogens is 570 g/mol. The van der Waals surface area contributed by atoms with E-state index in [4.69, 9.17) is 0 Å². The minimum absolute atomic E-state index is 0.0877. The monoisotopic (exact) mass is 597 g/mol. The van der Waals surface area contributed by atoms with Gasteiger partial charge in [-0.25, -0.2) is 4.90 Å². The molecule has 6 rings (SSSR count). The number of carbonyl (C=O) groups excluding carboxylic acids is 4. The van der Waals surface area contributed by atoms with E-state index in [-0.39, 0.29) is 23.9 Å². The highest BCUT2D eigenvalue weighted by Gasteiger charge is 2.40. The fourth-order valence-corrected chi connectivity index (χ4v) is 6.05. The highest BCUT2D eigenvalue weighted by atomic mass is 32.2. The first kappa shape index (κ1) is 28.6. The molecule has 0 aliphatic carbocycles. The molecule has 1 heterocycles. The van der Waals surface area contributed by atoms with Gasteiger partial charge in [-0.1, -0.05) is 78.9 Å². The number of hydrogen-bond acceptors (Lipinski definition) is 5. The molecule has 7 nitrogen and oxygen atoms in total. The van der Waals surface area contributed by atoms with Crippen molar-refractivity contribution < 1.29 is 19.2 Å². The van der Waals surface area contributed by atoms with Crippen LogP contribution in [0.25, 0.3) is 16.8 Å². The third-order valence-corrected chi connectivity index (χ3v) is 8.36. The molecule has 1 saturated heterocycles. The number of nitrogens with zero attached hydrogens (tertiary/aromatic N) is 1. The molecule has 0 spiro atoms. The molecule has 44 heavy (non-hydrogen) atoms. The van der Waals surface area contributed by atoms with Crippen LogP contribution in [0.5, 0.6) is 0 Å². The zero-order chi connectivity index (χ0) is 30.5. The summed E-state index contributed by atoms with van der Waals surface area (Å²) >= 11 is 1.31. The Morgan fingerprint density at radius 2 is 1.41 bits per heavy atom. The largest absolute Gasteiger partial charge is 0.321 e. The molecule has 216 valence electrons. The lowest BCUT2D eigenvalue weighted by molar-refractivity contribution is -0.121. The first-order valence-corrected chi connectivity index (χ1v) is 14.9. The summed E-state index contributed by atoms with van der Waals surface area (Å²) in [5, 5.41) is 7.08. The molecule has 5 aromatic carbocycles. The maximum atomic E-state index is 13.5. The SMILES string of the molecule is O=C(Nc1ccc(SC2CC(=O)N(c3ccccc3)C2=O)cc1)/C(=C/c1cccc2ccccc12)NC(=O)c1ccccc1. The molecule has 1 aliphatic heterocycles. The van der Waals surface area contributed by atoms with Crippen molar-refractivity contribution >= 4 is 63.6 Å². The van der Waals surface area contributed by atoms with Gasteiger partial charge in [-0.3, -0.25) is 19.2 Å². The summed E-state index contributed by atoms with van der Waals surface area (Å²) in [6, 6.07) is 38.3. The molecule has 1 aliphatic rings. The zero-order valence-corrected chi connectivity index (χ0v) is 24.3. The topological polar surface area (TPSA) is 95.6 Å². The maximum Gasteiger partial charge on any atom is 0.272 e. The van der Waals surface area contributed by atoms with E-state index >= 15 is 0 Å². The molecule has 8 heteroatoms. The summed E-state index contributed by atoms with van der Waals surface area (Å²) in [5.74, 6) is -1.37. The summed E-state index contributed by atoms with van der Waals surface area (Å²) in [4.78, 5) is 54.2. The van der Waals surface area contributed by atoms with Crippen molar-refractivity contribution in [1.82, 2.24) is 5.32 Å². The number of rotatable bonds is 8. The number of para-hydroxylation sites is 1. The van der Waals surface area contributed by atoms with Crippen molar-refractivity contribution in [2.75, 3.05) is 10.2 Å². The first-order valence-electron chi connectivity index (χ1n) is 14.0. The summed E-state index contributed by atoms with van der Waals surface area (Å²) < 4.78 is 0. The molecule has 0 bridgehead atoms. The lowest BCUT2D eigenvalue weighted by Crippen LogP contribution is -2.31. The second kappa shape index (κ2) is 12.8. The molecule has 2 N–H and O–H groups in total. The van der Waals surface area contributed by atoms with Crippen LogP contribution < -0.4 is 15.5 Å². The number of nitrogens with one attached hydrogen (secondary N) is 2. The Balaban J connectivity index is 1.19. The number of hydrogen-bond donors (Lipinski definition) is 2. The number of carbonyl (C=O) groups is 4. The Morgan fingerprint density at radius 3 is 2.16 bits per heavy atom. The predicted octanol–water partition coefficient (Wildman–Crippen LogP) is 6.67. The van der Waals surface area contributed by atoms with Crippen LogP contribution in [0.4, 0.5) is 11.4 Å². The van der Waals surface area contributed by atoms with Crippen molar-refractivity contribution in [3.63, 3.8) is 0 Å². The average Bonchev–Trinajstić information content (AvgIpc) is 3.34. The molecule has 1 atom stereocenters. The van der Waals surface area contributed by atoms with Crippen LogP contribution in [0.2, 0.25) is 0 Å². The van der Waals surface area contributed by atoms with E-state index in [1.807, 2.05) is 54.6 Å². The Bertz CT molecular complexity index is 1880. The number of thioether (sulfide) groups is 1. The van der Waals surface area contributed by atoms with E-state index < -0.39 is 17.1 Å². The van der Waals surface area contributed by atoms with E-state index in [2.05, 4.69) is 10.6 Å². The molecule has 0 aromatic heterocycles. The number of imide groups is 1. The Hall–Kier alpha value is -5.47. The van der Waals surface area contributed by atoms with Gasteiger partial charge >= 0.3 is 0 Å². The summed E-state index contributed by atoms with van der Waals surface area (Å²) in [6.45, 7) is 0. The third-order valence-electron chi connectivity index (χ3n) is 7.16. The minimum atomic E-state index is -0.536. The molecular formula is C36H27N3O4S. The third kappa shape index (κ3) is 6.30. The minimum Gasteiger partial charge on any atom is -0.321 e. The van der Waals surface area contributed by atoms with Crippen LogP contribution in [-0.4, -0.2) is 28.9 Å². The van der Waals surface area contributed by atoms with Gasteiger partial charge in [0, 0.05) is 22.6 Å². The van der Waals surface area contributed by atoms with Gasteiger partial charge < -0.3 is 10.6 Å². The Labute approximate surface area is 258 Å². The summed E-state index contributed by atoms with van der Waals surface area (Å²) in [7, 11) is 0. The van der Waals surface area contributed by atoms with Crippen molar-refractivity contribution in [2.45, 2.75) is 16.6 Å². The van der Waals surface area contributed by atoms with Crippen LogP contribution in [-0.2, 0) is 14.4 Å². The van der Waals surface area contributed by atoms with Crippen LogP contribution in [0.3, 0.4) is 0 Å². The quantitative estimate of drug-likeness (QED) is 0.154. The van der Waals surface area contributed by atoms with Crippen molar-refractivity contribution in [2.24, 2.45) is 0 Å². The van der Waals surface area contributed by atoms with Gasteiger partial charge in [0.2, 0.25) is 11.8 Å². The average molecular weight is 598 g/mol. The number of amides is 4. The molecule has 0 saturated carbocycles. The molecule has 1 unspecified atom stereocenters. The van der Waals surface area contributed by atoms with Gasteiger partial charge in [0.15, 0.2) is 0 Å². The van der Waals surface area contributed by atoms with Crippen LogP contribution in [0.1, 0.15) is 22.3 Å². The van der Waals surface area contributed by atoms with Gasteiger partial charge in [-0.2, -0.15) is 0 Å². The van der Waals surface area contributed by atoms with Crippen molar-refractivity contribution in [3.05, 3.63) is 144 Å². The van der Waals surface area contributed by atoms with E-state index in [1.54, 1.807) is 78.9 Å². The highest BCUT2D eigenvalue weighted by Crippen LogP contribution is 2.34. The van der Waals surface area contributed by atoms with E-state index in [1.165, 1.54) is 16.7 Å². The van der Waals surface area contributed by atoms with Gasteiger partial charge in [0.05, 0.1) is 10.9 Å². The van der Waals surface area contributed by atoms with Gasteiger partial charge in [-0.15, -0.1) is 11.8 Å². The molecule has 4 amide bonds. The highest BCUT2D eigenvalue weighted by molar-refractivity contribution is 8.00. The molecule has 0 radical (unpaired) electrons. The van der Waals surface area contributed by atoms with Crippen LogP contribution >= 0.6 is 11.8 Å². The smallest absolute Gasteiger partial charge is 0.272 e.